The molecule has 0 aromatic carbocycles. The third-order valence-corrected chi connectivity index (χ3v) is 4.80. The molecule has 0 aliphatic heterocycles. The molecular weight excluding hydrogens is 345 g/mol. The zero-order chi connectivity index (χ0) is 17.3. The topological polar surface area (TPSA) is 55.6 Å². The van der Waals surface area contributed by atoms with Crippen LogP contribution in [0.4, 0.5) is 5.82 Å². The summed E-state index contributed by atoms with van der Waals surface area (Å²) >= 11 is 12.2. The van der Waals surface area contributed by atoms with Crippen molar-refractivity contribution in [2.24, 2.45) is 7.05 Å². The molecule has 0 radical (unpaired) electrons. The number of aromatic nitrogens is 4. The quantitative estimate of drug-likeness (QED) is 0.747. The summed E-state index contributed by atoms with van der Waals surface area (Å²) < 4.78 is 1.85. The van der Waals surface area contributed by atoms with Crippen LogP contribution in [0.15, 0.2) is 30.6 Å². The van der Waals surface area contributed by atoms with Gasteiger partial charge in [-0.25, -0.2) is 9.97 Å². The number of aryl methyl sites for hydroxylation is 1. The molecule has 0 unspecified atom stereocenters. The first-order valence-electron chi connectivity index (χ1n) is 7.46. The van der Waals surface area contributed by atoms with Crippen molar-refractivity contribution in [3.05, 3.63) is 57.7 Å². The minimum atomic E-state index is 0.528. The lowest BCUT2D eigenvalue weighted by molar-refractivity contribution is 0.839. The van der Waals surface area contributed by atoms with Crippen LogP contribution in [0.3, 0.4) is 0 Å². The molecule has 0 amide bonds. The summed E-state index contributed by atoms with van der Waals surface area (Å²) in [5.74, 6) is 1.44. The van der Waals surface area contributed by atoms with Crippen molar-refractivity contribution in [3.8, 4) is 11.4 Å². The van der Waals surface area contributed by atoms with E-state index in [1.807, 2.05) is 43.7 Å². The van der Waals surface area contributed by atoms with E-state index in [0.717, 1.165) is 28.3 Å². The van der Waals surface area contributed by atoms with Gasteiger partial charge in [0, 0.05) is 42.0 Å². The summed E-state index contributed by atoms with van der Waals surface area (Å²) in [6.45, 7) is 4.53. The molecule has 0 saturated carbocycles. The number of nitrogens with one attached hydrogen (secondary N) is 1. The zero-order valence-corrected chi connectivity index (χ0v) is 15.2. The second-order valence-electron chi connectivity index (χ2n) is 5.53. The van der Waals surface area contributed by atoms with Gasteiger partial charge in [-0.1, -0.05) is 23.2 Å². The van der Waals surface area contributed by atoms with Crippen molar-refractivity contribution in [2.45, 2.75) is 20.4 Å². The van der Waals surface area contributed by atoms with Crippen molar-refractivity contribution in [1.82, 2.24) is 19.5 Å². The molecule has 3 aromatic rings. The van der Waals surface area contributed by atoms with Crippen LogP contribution >= 0.6 is 23.2 Å². The largest absolute Gasteiger partial charge is 0.364 e. The molecule has 24 heavy (non-hydrogen) atoms. The predicted octanol–water partition coefficient (Wildman–Crippen LogP) is 4.41. The highest BCUT2D eigenvalue weighted by molar-refractivity contribution is 6.41. The summed E-state index contributed by atoms with van der Waals surface area (Å²) in [6.07, 6.45) is 3.48. The Hall–Kier alpha value is -2.11. The lowest BCUT2D eigenvalue weighted by Gasteiger charge is -2.13. The number of pyridine rings is 1. The van der Waals surface area contributed by atoms with Crippen LogP contribution in [0.1, 0.15) is 17.0 Å². The number of nitrogens with zero attached hydrogens (tertiary/aromatic N) is 4. The number of halogens is 2. The van der Waals surface area contributed by atoms with E-state index >= 15 is 0 Å². The van der Waals surface area contributed by atoms with Gasteiger partial charge in [-0.3, -0.25) is 4.98 Å². The maximum absolute atomic E-state index is 6.11. The second-order valence-corrected chi connectivity index (χ2v) is 6.30. The monoisotopic (exact) mass is 361 g/mol. The van der Waals surface area contributed by atoms with Gasteiger partial charge in [-0.05, 0) is 32.0 Å². The normalized spacial score (nSPS) is 10.9. The molecule has 0 fully saturated rings. The Bertz CT molecular complexity index is 874. The highest BCUT2D eigenvalue weighted by Crippen LogP contribution is 2.26. The number of hydrogen-bond donors (Lipinski definition) is 1. The van der Waals surface area contributed by atoms with Gasteiger partial charge in [0.25, 0.3) is 0 Å². The molecule has 1 N–H and O–H groups in total. The fourth-order valence-electron chi connectivity index (χ4n) is 2.36. The highest BCUT2D eigenvalue weighted by atomic mass is 35.5. The van der Waals surface area contributed by atoms with Gasteiger partial charge in [-0.15, -0.1) is 0 Å². The van der Waals surface area contributed by atoms with Gasteiger partial charge in [0.05, 0.1) is 11.6 Å². The molecule has 0 atom stereocenters. The second kappa shape index (κ2) is 6.79. The molecule has 3 rings (SSSR count). The van der Waals surface area contributed by atoms with Crippen LogP contribution in [0.2, 0.25) is 10.2 Å². The molecule has 0 aliphatic carbocycles. The highest BCUT2D eigenvalue weighted by Gasteiger charge is 2.12. The summed E-state index contributed by atoms with van der Waals surface area (Å²) in [5, 5.41) is 4.42. The Morgan fingerprint density at radius 3 is 2.62 bits per heavy atom. The summed E-state index contributed by atoms with van der Waals surface area (Å²) in [6, 6.07) is 5.66. The average Bonchev–Trinajstić information content (AvgIpc) is 2.84. The molecule has 0 bridgehead atoms. The van der Waals surface area contributed by atoms with Crippen molar-refractivity contribution in [1.29, 1.82) is 0 Å². The van der Waals surface area contributed by atoms with E-state index in [-0.39, 0.29) is 0 Å². The van der Waals surface area contributed by atoms with Crippen molar-refractivity contribution < 1.29 is 0 Å². The summed E-state index contributed by atoms with van der Waals surface area (Å²) in [4.78, 5) is 13.3. The average molecular weight is 362 g/mol. The first-order valence-corrected chi connectivity index (χ1v) is 8.22. The van der Waals surface area contributed by atoms with E-state index in [2.05, 4.69) is 20.3 Å². The SMILES string of the molecule is Cc1nc(-c2cccnc2)nc(NCc2cc(Cl)c(Cl)n2C)c1C. The Balaban J connectivity index is 1.90. The van der Waals surface area contributed by atoms with Gasteiger partial charge in [0.1, 0.15) is 11.0 Å². The van der Waals surface area contributed by atoms with E-state index in [1.165, 1.54) is 0 Å². The van der Waals surface area contributed by atoms with E-state index in [9.17, 15) is 0 Å². The van der Waals surface area contributed by atoms with Crippen LogP contribution in [-0.4, -0.2) is 19.5 Å². The van der Waals surface area contributed by atoms with Gasteiger partial charge in [-0.2, -0.15) is 0 Å². The molecule has 0 spiro atoms. The fraction of sp³-hybridized carbons (Fsp3) is 0.235. The van der Waals surface area contributed by atoms with Crippen molar-refractivity contribution in [2.75, 3.05) is 5.32 Å². The first-order chi connectivity index (χ1) is 11.5. The molecule has 0 saturated heterocycles. The maximum atomic E-state index is 6.11. The lowest BCUT2D eigenvalue weighted by atomic mass is 10.2. The number of hydrogen-bond acceptors (Lipinski definition) is 4. The first kappa shape index (κ1) is 16.7. The van der Waals surface area contributed by atoms with E-state index < -0.39 is 0 Å². The number of anilines is 1. The van der Waals surface area contributed by atoms with Gasteiger partial charge >= 0.3 is 0 Å². The third-order valence-electron chi connectivity index (χ3n) is 3.96. The summed E-state index contributed by atoms with van der Waals surface area (Å²) in [5.41, 5.74) is 3.79. The smallest absolute Gasteiger partial charge is 0.163 e. The van der Waals surface area contributed by atoms with Crippen LogP contribution in [0, 0.1) is 13.8 Å². The molecule has 124 valence electrons. The molecule has 7 heteroatoms. The van der Waals surface area contributed by atoms with Gasteiger partial charge in [0.15, 0.2) is 5.82 Å². The van der Waals surface area contributed by atoms with Gasteiger partial charge in [0.2, 0.25) is 0 Å². The summed E-state index contributed by atoms with van der Waals surface area (Å²) in [7, 11) is 1.88. The van der Waals surface area contributed by atoms with Crippen molar-refractivity contribution >= 4 is 29.0 Å². The van der Waals surface area contributed by atoms with Crippen LogP contribution < -0.4 is 5.32 Å². The maximum Gasteiger partial charge on any atom is 0.163 e. The standard InChI is InChI=1S/C17H17Cl2N5/c1-10-11(2)22-17(12-5-4-6-20-8-12)23-16(10)21-9-13-7-14(18)15(19)24(13)3/h4-8H,9H2,1-3H3,(H,21,22,23). The van der Waals surface area contributed by atoms with E-state index in [4.69, 9.17) is 23.2 Å². The third kappa shape index (κ3) is 3.23. The Morgan fingerprint density at radius 1 is 1.21 bits per heavy atom. The van der Waals surface area contributed by atoms with Crippen molar-refractivity contribution in [3.63, 3.8) is 0 Å². The molecule has 3 heterocycles. The minimum Gasteiger partial charge on any atom is -0.364 e. The zero-order valence-electron chi connectivity index (χ0n) is 13.6. The number of rotatable bonds is 4. The van der Waals surface area contributed by atoms with E-state index in [1.54, 1.807) is 12.4 Å². The molecule has 5 nitrogen and oxygen atoms in total. The molecule has 0 aliphatic rings. The van der Waals surface area contributed by atoms with Crippen LogP contribution in [-0.2, 0) is 13.6 Å². The van der Waals surface area contributed by atoms with Gasteiger partial charge < -0.3 is 9.88 Å². The lowest BCUT2D eigenvalue weighted by Crippen LogP contribution is -2.09. The van der Waals surface area contributed by atoms with Crippen LogP contribution in [0.5, 0.6) is 0 Å². The molecule has 3 aromatic heterocycles. The Labute approximate surface area is 150 Å². The predicted molar refractivity (Wildman–Crippen MR) is 97.5 cm³/mol. The Morgan fingerprint density at radius 2 is 2.00 bits per heavy atom. The Kier molecular flexibility index (Phi) is 4.73. The fourth-order valence-corrected chi connectivity index (χ4v) is 2.77. The van der Waals surface area contributed by atoms with E-state index in [0.29, 0.717) is 22.5 Å². The minimum absolute atomic E-state index is 0.528. The molecular formula is C17H17Cl2N5. The van der Waals surface area contributed by atoms with Crippen LogP contribution in [0.25, 0.3) is 11.4 Å².